The Hall–Kier alpha value is -1.82. The van der Waals surface area contributed by atoms with Crippen molar-refractivity contribution in [3.63, 3.8) is 0 Å². The number of ether oxygens (including phenoxy) is 1. The first-order valence-corrected chi connectivity index (χ1v) is 8.83. The number of amides is 1. The van der Waals surface area contributed by atoms with Crippen molar-refractivity contribution in [2.24, 2.45) is 0 Å². The van der Waals surface area contributed by atoms with Crippen LogP contribution < -0.4 is 0 Å². The number of carbonyl (C=O) groups excluding carboxylic acids is 1. The average molecular weight is 370 g/mol. The van der Waals surface area contributed by atoms with E-state index in [1.54, 1.807) is 15.5 Å². The van der Waals surface area contributed by atoms with Crippen LogP contribution in [0.1, 0.15) is 39.2 Å². The van der Waals surface area contributed by atoms with E-state index in [1.807, 2.05) is 20.8 Å². The SMILES string of the molecule is CC(C)(C)OC(=O)N1CCC([N+]2=C(O)Cc3cc(Cl)c(F)cc32)CC1. The van der Waals surface area contributed by atoms with Crippen molar-refractivity contribution in [1.82, 2.24) is 4.90 Å². The zero-order chi connectivity index (χ0) is 18.4. The van der Waals surface area contributed by atoms with E-state index in [4.69, 9.17) is 16.3 Å². The first-order chi connectivity index (χ1) is 11.7. The van der Waals surface area contributed by atoms with Gasteiger partial charge < -0.3 is 14.7 Å². The molecule has 2 aliphatic rings. The van der Waals surface area contributed by atoms with Crippen LogP contribution in [-0.4, -0.2) is 51.3 Å². The second-order valence-electron chi connectivity index (χ2n) is 7.56. The van der Waals surface area contributed by atoms with Gasteiger partial charge in [-0.15, -0.1) is 0 Å². The summed E-state index contributed by atoms with van der Waals surface area (Å²) in [5.41, 5.74) is 0.957. The molecule has 2 heterocycles. The number of fused-ring (bicyclic) bond motifs is 1. The highest BCUT2D eigenvalue weighted by molar-refractivity contribution is 6.30. The molecule has 0 aliphatic carbocycles. The van der Waals surface area contributed by atoms with E-state index in [0.717, 1.165) is 5.56 Å². The topological polar surface area (TPSA) is 52.8 Å². The van der Waals surface area contributed by atoms with Crippen LogP contribution in [-0.2, 0) is 11.2 Å². The number of nitrogens with zero attached hydrogens (tertiary/aromatic N) is 2. The molecule has 25 heavy (non-hydrogen) atoms. The van der Waals surface area contributed by atoms with Crippen LogP contribution in [0.3, 0.4) is 0 Å². The second-order valence-corrected chi connectivity index (χ2v) is 7.96. The fraction of sp³-hybridized carbons (Fsp3) is 0.556. The van der Waals surface area contributed by atoms with Crippen LogP contribution in [0.2, 0.25) is 5.02 Å². The summed E-state index contributed by atoms with van der Waals surface area (Å²) >= 11 is 5.84. The van der Waals surface area contributed by atoms with Gasteiger partial charge in [-0.1, -0.05) is 11.6 Å². The lowest BCUT2D eigenvalue weighted by molar-refractivity contribution is -0.495. The quantitative estimate of drug-likeness (QED) is 0.760. The maximum Gasteiger partial charge on any atom is 0.410 e. The van der Waals surface area contributed by atoms with Gasteiger partial charge in [0.25, 0.3) is 0 Å². The Kier molecular flexibility index (Phi) is 4.66. The van der Waals surface area contributed by atoms with Gasteiger partial charge in [0.2, 0.25) is 5.69 Å². The molecule has 1 fully saturated rings. The maximum atomic E-state index is 13.8. The Bertz CT molecular complexity index is 735. The third-order valence-corrected chi connectivity index (χ3v) is 4.78. The van der Waals surface area contributed by atoms with Gasteiger partial charge in [0.15, 0.2) is 6.04 Å². The van der Waals surface area contributed by atoms with Gasteiger partial charge in [0.05, 0.1) is 5.02 Å². The third-order valence-electron chi connectivity index (χ3n) is 4.49. The minimum Gasteiger partial charge on any atom is -0.463 e. The number of aliphatic hydroxyl groups is 1. The van der Waals surface area contributed by atoms with E-state index in [-0.39, 0.29) is 23.1 Å². The largest absolute Gasteiger partial charge is 0.463 e. The molecule has 136 valence electrons. The highest BCUT2D eigenvalue weighted by atomic mass is 35.5. The number of likely N-dealkylation sites (tertiary alicyclic amines) is 1. The minimum atomic E-state index is -0.523. The molecule has 0 bridgehead atoms. The summed E-state index contributed by atoms with van der Waals surface area (Å²) in [5, 5.41) is 10.4. The van der Waals surface area contributed by atoms with E-state index in [0.29, 0.717) is 38.0 Å². The van der Waals surface area contributed by atoms with Crippen LogP contribution in [0.5, 0.6) is 0 Å². The number of benzene rings is 1. The van der Waals surface area contributed by atoms with E-state index in [2.05, 4.69) is 0 Å². The molecule has 3 rings (SSSR count). The first-order valence-electron chi connectivity index (χ1n) is 8.45. The molecule has 5 nitrogen and oxygen atoms in total. The molecular weight excluding hydrogens is 347 g/mol. The molecule has 1 aromatic rings. The summed E-state index contributed by atoms with van der Waals surface area (Å²) < 4.78 is 21.0. The summed E-state index contributed by atoms with van der Waals surface area (Å²) in [6, 6.07) is 2.96. The predicted molar refractivity (Wildman–Crippen MR) is 93.5 cm³/mol. The third kappa shape index (κ3) is 3.73. The van der Waals surface area contributed by atoms with Gasteiger partial charge in [-0.3, -0.25) is 0 Å². The van der Waals surface area contributed by atoms with E-state index in [1.165, 1.54) is 6.07 Å². The zero-order valence-corrected chi connectivity index (χ0v) is 15.4. The molecule has 0 spiro atoms. The molecule has 1 N–H and O–H groups in total. The molecule has 0 unspecified atom stereocenters. The van der Waals surface area contributed by atoms with Crippen LogP contribution in [0.15, 0.2) is 12.1 Å². The van der Waals surface area contributed by atoms with Gasteiger partial charge >= 0.3 is 12.0 Å². The van der Waals surface area contributed by atoms with E-state index >= 15 is 0 Å². The summed E-state index contributed by atoms with van der Waals surface area (Å²) in [5.74, 6) is -0.293. The number of rotatable bonds is 1. The summed E-state index contributed by atoms with van der Waals surface area (Å²) in [4.78, 5) is 13.8. The fourth-order valence-electron chi connectivity index (χ4n) is 3.38. The number of piperidine rings is 1. The maximum absolute atomic E-state index is 13.8. The van der Waals surface area contributed by atoms with Crippen LogP contribution in [0.4, 0.5) is 14.9 Å². The average Bonchev–Trinajstić information content (AvgIpc) is 2.81. The highest BCUT2D eigenvalue weighted by Crippen LogP contribution is 2.34. The standard InChI is InChI=1S/C18H22ClFN2O3/c1-18(2,3)25-17(24)21-6-4-12(5-7-21)22-15-10-14(20)13(19)8-11(15)9-16(22)23/h8,10,12H,4-7,9H2,1-3H3/p+1. The predicted octanol–water partition coefficient (Wildman–Crippen LogP) is 4.04. The van der Waals surface area contributed by atoms with Crippen molar-refractivity contribution in [1.29, 1.82) is 0 Å². The number of aliphatic hydroxyl groups excluding tert-OH is 1. The van der Waals surface area contributed by atoms with Crippen molar-refractivity contribution in [3.8, 4) is 0 Å². The number of carbonyl (C=O) groups is 1. The zero-order valence-electron chi connectivity index (χ0n) is 14.7. The number of halogens is 2. The molecule has 1 saturated heterocycles. The molecule has 0 aromatic heterocycles. The summed E-state index contributed by atoms with van der Waals surface area (Å²) in [6.45, 7) is 6.59. The van der Waals surface area contributed by atoms with Gasteiger partial charge in [-0.25, -0.2) is 9.18 Å². The number of hydrogen-bond acceptors (Lipinski definition) is 2. The molecule has 0 atom stereocenters. The Morgan fingerprint density at radius 3 is 2.60 bits per heavy atom. The van der Waals surface area contributed by atoms with Gasteiger partial charge in [0, 0.05) is 37.6 Å². The van der Waals surface area contributed by atoms with Crippen molar-refractivity contribution < 1.29 is 23.6 Å². The fourth-order valence-corrected chi connectivity index (χ4v) is 3.56. The van der Waals surface area contributed by atoms with Crippen LogP contribution in [0.25, 0.3) is 0 Å². The van der Waals surface area contributed by atoms with Crippen molar-refractivity contribution >= 4 is 29.3 Å². The van der Waals surface area contributed by atoms with E-state index in [9.17, 15) is 14.3 Å². The Morgan fingerprint density at radius 2 is 2.00 bits per heavy atom. The molecule has 1 amide bonds. The molecule has 0 radical (unpaired) electrons. The smallest absolute Gasteiger partial charge is 0.410 e. The van der Waals surface area contributed by atoms with Gasteiger partial charge in [-0.2, -0.15) is 4.58 Å². The van der Waals surface area contributed by atoms with Crippen molar-refractivity contribution in [2.75, 3.05) is 13.1 Å². The van der Waals surface area contributed by atoms with Crippen LogP contribution in [0, 0.1) is 5.82 Å². The van der Waals surface area contributed by atoms with Crippen molar-refractivity contribution in [3.05, 3.63) is 28.5 Å². The molecule has 2 aliphatic heterocycles. The molecular formula is C18H23ClFN2O3+. The van der Waals surface area contributed by atoms with E-state index < -0.39 is 11.4 Å². The Morgan fingerprint density at radius 1 is 1.36 bits per heavy atom. The number of hydrogen-bond donors (Lipinski definition) is 1. The second kappa shape index (κ2) is 6.48. The molecule has 7 heteroatoms. The van der Waals surface area contributed by atoms with Crippen molar-refractivity contribution in [2.45, 2.75) is 51.7 Å². The van der Waals surface area contributed by atoms with Crippen LogP contribution >= 0.6 is 11.6 Å². The van der Waals surface area contributed by atoms with Gasteiger partial charge in [0.1, 0.15) is 17.8 Å². The highest BCUT2D eigenvalue weighted by Gasteiger charge is 2.39. The Labute approximate surface area is 151 Å². The lowest BCUT2D eigenvalue weighted by Crippen LogP contribution is -2.45. The molecule has 1 aromatic carbocycles. The Balaban J connectivity index is 1.71. The molecule has 0 saturated carbocycles. The summed E-state index contributed by atoms with van der Waals surface area (Å²) in [7, 11) is 0. The summed E-state index contributed by atoms with van der Waals surface area (Å²) in [6.07, 6.45) is 1.38. The van der Waals surface area contributed by atoms with Gasteiger partial charge in [-0.05, 0) is 26.8 Å². The first kappa shape index (κ1) is 18.0. The minimum absolute atomic E-state index is 0.0144. The monoisotopic (exact) mass is 369 g/mol. The normalized spacial score (nSPS) is 18.5. The lowest BCUT2D eigenvalue weighted by Gasteiger charge is -2.31. The lowest BCUT2D eigenvalue weighted by atomic mass is 10.0.